The number of aliphatic hydroxyl groups is 1. The third-order valence-electron chi connectivity index (χ3n) is 2.07. The molecule has 1 atom stereocenters. The van der Waals surface area contributed by atoms with Crippen LogP contribution in [-0.4, -0.2) is 5.11 Å². The molecule has 0 aliphatic rings. The maximum Gasteiger partial charge on any atom is 0.0971 e. The highest BCUT2D eigenvalue weighted by atomic mass is 16.3. The fourth-order valence-corrected chi connectivity index (χ4v) is 1.24. The molecule has 1 unspecified atom stereocenters. The Morgan fingerprint density at radius 3 is 2.43 bits per heavy atom. The third kappa shape index (κ3) is 3.75. The lowest BCUT2D eigenvalue weighted by atomic mass is 10.1. The van der Waals surface area contributed by atoms with Crippen LogP contribution < -0.4 is 0 Å². The van der Waals surface area contributed by atoms with Gasteiger partial charge in [0.25, 0.3) is 0 Å². The van der Waals surface area contributed by atoms with Crippen LogP contribution >= 0.6 is 0 Å². The smallest absolute Gasteiger partial charge is 0.0971 e. The van der Waals surface area contributed by atoms with Gasteiger partial charge in [-0.05, 0) is 17.9 Å². The van der Waals surface area contributed by atoms with E-state index >= 15 is 0 Å². The number of hydrogen-bond donors (Lipinski definition) is 1. The van der Waals surface area contributed by atoms with Gasteiger partial charge in [-0.15, -0.1) is 0 Å². The van der Waals surface area contributed by atoms with E-state index in [2.05, 4.69) is 13.8 Å². The molecule has 1 nitrogen and oxygen atoms in total. The zero-order chi connectivity index (χ0) is 10.4. The minimum atomic E-state index is -0.463. The topological polar surface area (TPSA) is 20.2 Å². The van der Waals surface area contributed by atoms with Crippen molar-refractivity contribution in [3.05, 3.63) is 48.0 Å². The van der Waals surface area contributed by atoms with Gasteiger partial charge in [-0.2, -0.15) is 0 Å². The van der Waals surface area contributed by atoms with E-state index < -0.39 is 6.10 Å². The van der Waals surface area contributed by atoms with Crippen molar-refractivity contribution >= 4 is 0 Å². The summed E-state index contributed by atoms with van der Waals surface area (Å²) in [6, 6.07) is 9.70. The second-order valence-corrected chi connectivity index (χ2v) is 3.91. The summed E-state index contributed by atoms with van der Waals surface area (Å²) in [5, 5.41) is 9.75. The van der Waals surface area contributed by atoms with Gasteiger partial charge in [0.1, 0.15) is 0 Å². The molecule has 76 valence electrons. The van der Waals surface area contributed by atoms with Crippen LogP contribution in [0, 0.1) is 5.92 Å². The van der Waals surface area contributed by atoms with Crippen molar-refractivity contribution in [1.29, 1.82) is 0 Å². The predicted molar refractivity (Wildman–Crippen MR) is 60.0 cm³/mol. The van der Waals surface area contributed by atoms with Crippen molar-refractivity contribution in [3.63, 3.8) is 0 Å². The fraction of sp³-hybridized carbons (Fsp3) is 0.385. The molecule has 14 heavy (non-hydrogen) atoms. The van der Waals surface area contributed by atoms with E-state index in [-0.39, 0.29) is 0 Å². The SMILES string of the molecule is CC(C)C/C=C/C(O)c1ccccc1. The molecule has 1 heteroatoms. The second kappa shape index (κ2) is 5.61. The standard InChI is InChI=1S/C13H18O/c1-11(2)7-6-10-13(14)12-8-4-3-5-9-12/h3-6,8-11,13-14H,7H2,1-2H3/b10-6+. The van der Waals surface area contributed by atoms with E-state index in [1.807, 2.05) is 42.5 Å². The molecule has 0 radical (unpaired) electrons. The van der Waals surface area contributed by atoms with Crippen molar-refractivity contribution < 1.29 is 5.11 Å². The summed E-state index contributed by atoms with van der Waals surface area (Å²) in [6.07, 6.45) is 4.46. The molecule has 0 saturated carbocycles. The molecule has 1 rings (SSSR count). The maximum absolute atomic E-state index is 9.75. The molecule has 1 N–H and O–H groups in total. The largest absolute Gasteiger partial charge is 0.384 e. The lowest BCUT2D eigenvalue weighted by molar-refractivity contribution is 0.228. The normalized spacial score (nSPS) is 13.7. The van der Waals surface area contributed by atoms with Crippen LogP contribution in [0.25, 0.3) is 0 Å². The maximum atomic E-state index is 9.75. The molecule has 0 aliphatic carbocycles. The first-order chi connectivity index (χ1) is 6.70. The molecule has 0 amide bonds. The average molecular weight is 190 g/mol. The van der Waals surface area contributed by atoms with E-state index in [9.17, 15) is 5.11 Å². The number of allylic oxidation sites excluding steroid dienone is 1. The van der Waals surface area contributed by atoms with Crippen LogP contribution in [0.15, 0.2) is 42.5 Å². The Balaban J connectivity index is 2.50. The molecule has 0 aliphatic heterocycles. The van der Waals surface area contributed by atoms with Crippen molar-refractivity contribution in [2.45, 2.75) is 26.4 Å². The van der Waals surface area contributed by atoms with Gasteiger partial charge in [0.05, 0.1) is 6.10 Å². The van der Waals surface area contributed by atoms with Crippen LogP contribution in [0.1, 0.15) is 31.9 Å². The zero-order valence-corrected chi connectivity index (χ0v) is 8.85. The molecule has 0 heterocycles. The van der Waals surface area contributed by atoms with Gasteiger partial charge in [0.2, 0.25) is 0 Å². The van der Waals surface area contributed by atoms with Crippen LogP contribution in [0.2, 0.25) is 0 Å². The average Bonchev–Trinajstić information content (AvgIpc) is 2.18. The first-order valence-electron chi connectivity index (χ1n) is 5.10. The van der Waals surface area contributed by atoms with Crippen molar-refractivity contribution in [2.75, 3.05) is 0 Å². The Kier molecular flexibility index (Phi) is 4.41. The fourth-order valence-electron chi connectivity index (χ4n) is 1.24. The Labute approximate surface area is 86.1 Å². The lowest BCUT2D eigenvalue weighted by Crippen LogP contribution is -1.92. The van der Waals surface area contributed by atoms with Crippen LogP contribution in [0.4, 0.5) is 0 Å². The molecular formula is C13H18O. The molecule has 0 aromatic heterocycles. The van der Waals surface area contributed by atoms with E-state index in [0.29, 0.717) is 5.92 Å². The molecule has 1 aromatic carbocycles. The van der Waals surface area contributed by atoms with Crippen LogP contribution in [0.5, 0.6) is 0 Å². The summed E-state index contributed by atoms with van der Waals surface area (Å²) in [4.78, 5) is 0. The molecule has 1 aromatic rings. The van der Waals surface area contributed by atoms with Crippen LogP contribution in [-0.2, 0) is 0 Å². The summed E-state index contributed by atoms with van der Waals surface area (Å²) in [5.74, 6) is 0.647. The highest BCUT2D eigenvalue weighted by Gasteiger charge is 2.00. The van der Waals surface area contributed by atoms with E-state index in [1.54, 1.807) is 0 Å². The highest BCUT2D eigenvalue weighted by molar-refractivity contribution is 5.20. The van der Waals surface area contributed by atoms with Crippen molar-refractivity contribution in [3.8, 4) is 0 Å². The zero-order valence-electron chi connectivity index (χ0n) is 8.85. The number of rotatable bonds is 4. The first kappa shape index (κ1) is 11.0. The van der Waals surface area contributed by atoms with E-state index in [1.165, 1.54) is 0 Å². The quantitative estimate of drug-likeness (QED) is 0.722. The van der Waals surface area contributed by atoms with Gasteiger partial charge in [0.15, 0.2) is 0 Å². The van der Waals surface area contributed by atoms with Gasteiger partial charge in [-0.3, -0.25) is 0 Å². The summed E-state index contributed by atoms with van der Waals surface area (Å²) >= 11 is 0. The van der Waals surface area contributed by atoms with Gasteiger partial charge in [-0.25, -0.2) is 0 Å². The van der Waals surface area contributed by atoms with Gasteiger partial charge < -0.3 is 5.11 Å². The predicted octanol–water partition coefficient (Wildman–Crippen LogP) is 3.32. The Morgan fingerprint density at radius 1 is 1.21 bits per heavy atom. The van der Waals surface area contributed by atoms with Crippen molar-refractivity contribution in [2.24, 2.45) is 5.92 Å². The Morgan fingerprint density at radius 2 is 1.86 bits per heavy atom. The van der Waals surface area contributed by atoms with Crippen molar-refractivity contribution in [1.82, 2.24) is 0 Å². The van der Waals surface area contributed by atoms with Crippen LogP contribution in [0.3, 0.4) is 0 Å². The monoisotopic (exact) mass is 190 g/mol. The summed E-state index contributed by atoms with van der Waals surface area (Å²) in [7, 11) is 0. The number of hydrogen-bond acceptors (Lipinski definition) is 1. The lowest BCUT2D eigenvalue weighted by Gasteiger charge is -2.05. The molecule has 0 saturated heterocycles. The molecule has 0 bridgehead atoms. The Bertz CT molecular complexity index is 275. The van der Waals surface area contributed by atoms with Gasteiger partial charge in [0, 0.05) is 0 Å². The minimum absolute atomic E-state index is 0.463. The highest BCUT2D eigenvalue weighted by Crippen LogP contribution is 2.14. The molecular weight excluding hydrogens is 172 g/mol. The molecule has 0 fully saturated rings. The summed E-state index contributed by atoms with van der Waals surface area (Å²) in [6.45, 7) is 4.33. The summed E-state index contributed by atoms with van der Waals surface area (Å²) in [5.41, 5.74) is 0.951. The second-order valence-electron chi connectivity index (χ2n) is 3.91. The van der Waals surface area contributed by atoms with E-state index in [4.69, 9.17) is 0 Å². The Hall–Kier alpha value is -1.08. The minimum Gasteiger partial charge on any atom is -0.384 e. The summed E-state index contributed by atoms with van der Waals surface area (Å²) < 4.78 is 0. The molecule has 0 spiro atoms. The first-order valence-corrected chi connectivity index (χ1v) is 5.10. The number of benzene rings is 1. The van der Waals surface area contributed by atoms with Gasteiger partial charge >= 0.3 is 0 Å². The number of aliphatic hydroxyl groups excluding tert-OH is 1. The van der Waals surface area contributed by atoms with E-state index in [0.717, 1.165) is 12.0 Å². The van der Waals surface area contributed by atoms with Gasteiger partial charge in [-0.1, -0.05) is 56.3 Å². The third-order valence-corrected chi connectivity index (χ3v) is 2.07.